The lowest BCUT2D eigenvalue weighted by atomic mass is 10.0. The molecule has 0 fully saturated rings. The Bertz CT molecular complexity index is 565. The Kier molecular flexibility index (Phi) is 3.95. The average molecular weight is 282 g/mol. The Hall–Kier alpha value is -1.03. The van der Waals surface area contributed by atoms with Crippen LogP contribution in [-0.2, 0) is 0 Å². The van der Waals surface area contributed by atoms with Crippen LogP contribution >= 0.6 is 22.9 Å². The molecule has 2 rings (SSSR count). The van der Waals surface area contributed by atoms with Crippen molar-refractivity contribution in [1.29, 1.82) is 0 Å². The summed E-state index contributed by atoms with van der Waals surface area (Å²) < 4.78 is 5.36. The molecule has 1 aromatic heterocycles. The number of methoxy groups -OCH3 is 1. The van der Waals surface area contributed by atoms with Gasteiger partial charge in [-0.3, -0.25) is 0 Å². The smallest absolute Gasteiger partial charge is 0.125 e. The van der Waals surface area contributed by atoms with Crippen LogP contribution in [0.15, 0.2) is 24.3 Å². The van der Waals surface area contributed by atoms with Crippen LogP contribution in [0, 0.1) is 13.8 Å². The maximum atomic E-state index is 6.34. The minimum Gasteiger partial charge on any atom is -0.496 e. The summed E-state index contributed by atoms with van der Waals surface area (Å²) in [5.41, 5.74) is 8.53. The van der Waals surface area contributed by atoms with Crippen LogP contribution in [0.3, 0.4) is 0 Å². The Labute approximate surface area is 116 Å². The van der Waals surface area contributed by atoms with E-state index < -0.39 is 0 Å². The first-order chi connectivity index (χ1) is 8.52. The summed E-state index contributed by atoms with van der Waals surface area (Å²) >= 11 is 7.69. The van der Waals surface area contributed by atoms with Gasteiger partial charge in [0, 0.05) is 20.3 Å². The van der Waals surface area contributed by atoms with E-state index >= 15 is 0 Å². The third-order valence-electron chi connectivity index (χ3n) is 2.89. The maximum Gasteiger partial charge on any atom is 0.125 e. The van der Waals surface area contributed by atoms with Crippen molar-refractivity contribution in [2.24, 2.45) is 5.73 Å². The molecule has 0 aliphatic carbocycles. The lowest BCUT2D eigenvalue weighted by molar-refractivity contribution is 0.408. The van der Waals surface area contributed by atoms with Crippen LogP contribution in [0.4, 0.5) is 0 Å². The van der Waals surface area contributed by atoms with E-state index in [9.17, 15) is 0 Å². The van der Waals surface area contributed by atoms with E-state index in [1.807, 2.05) is 12.1 Å². The highest BCUT2D eigenvalue weighted by molar-refractivity contribution is 7.12. The van der Waals surface area contributed by atoms with Gasteiger partial charge in [-0.25, -0.2) is 0 Å². The van der Waals surface area contributed by atoms with Crippen molar-refractivity contribution in [2.75, 3.05) is 7.11 Å². The van der Waals surface area contributed by atoms with Gasteiger partial charge in [0.05, 0.1) is 13.2 Å². The monoisotopic (exact) mass is 281 g/mol. The van der Waals surface area contributed by atoms with Gasteiger partial charge in [-0.1, -0.05) is 17.7 Å². The Morgan fingerprint density at radius 1 is 1.28 bits per heavy atom. The highest BCUT2D eigenvalue weighted by Crippen LogP contribution is 2.35. The normalized spacial score (nSPS) is 12.5. The second-order valence-electron chi connectivity index (χ2n) is 4.27. The second kappa shape index (κ2) is 5.31. The molecular weight excluding hydrogens is 266 g/mol. The fourth-order valence-electron chi connectivity index (χ4n) is 2.05. The van der Waals surface area contributed by atoms with Crippen molar-refractivity contribution >= 4 is 22.9 Å². The third kappa shape index (κ3) is 2.53. The quantitative estimate of drug-likeness (QED) is 0.920. The van der Waals surface area contributed by atoms with Crippen molar-refractivity contribution in [3.63, 3.8) is 0 Å². The highest BCUT2D eigenvalue weighted by Gasteiger charge is 2.18. The van der Waals surface area contributed by atoms with Gasteiger partial charge in [0.1, 0.15) is 5.75 Å². The molecule has 2 N–H and O–H groups in total. The molecule has 0 saturated heterocycles. The Balaban J connectivity index is 2.45. The van der Waals surface area contributed by atoms with E-state index in [0.29, 0.717) is 5.02 Å². The minimum absolute atomic E-state index is 0.170. The van der Waals surface area contributed by atoms with Crippen molar-refractivity contribution in [1.82, 2.24) is 0 Å². The van der Waals surface area contributed by atoms with Gasteiger partial charge in [0.15, 0.2) is 0 Å². The van der Waals surface area contributed by atoms with Gasteiger partial charge in [0.25, 0.3) is 0 Å². The summed E-state index contributed by atoms with van der Waals surface area (Å²) in [6.07, 6.45) is 0. The number of benzene rings is 1. The Morgan fingerprint density at radius 2 is 2.00 bits per heavy atom. The van der Waals surface area contributed by atoms with Gasteiger partial charge in [0.2, 0.25) is 0 Å². The molecule has 1 aromatic carbocycles. The predicted octanol–water partition coefficient (Wildman–Crippen LogP) is 4.08. The molecule has 0 amide bonds. The van der Waals surface area contributed by atoms with Crippen molar-refractivity contribution < 1.29 is 4.74 Å². The van der Waals surface area contributed by atoms with Crippen LogP contribution < -0.4 is 10.5 Å². The highest BCUT2D eigenvalue weighted by atomic mass is 35.5. The fraction of sp³-hybridized carbons (Fsp3) is 0.286. The first-order valence-electron chi connectivity index (χ1n) is 5.69. The Morgan fingerprint density at radius 3 is 2.56 bits per heavy atom. The summed E-state index contributed by atoms with van der Waals surface area (Å²) in [6.45, 7) is 4.17. The third-order valence-corrected chi connectivity index (χ3v) is 4.36. The number of thiophene rings is 1. The average Bonchev–Trinajstić information content (AvgIpc) is 2.67. The first kappa shape index (κ1) is 13.4. The summed E-state index contributed by atoms with van der Waals surface area (Å²) in [5, 5.41) is 0.655. The molecule has 0 aliphatic heterocycles. The van der Waals surface area contributed by atoms with E-state index in [1.165, 1.54) is 15.3 Å². The van der Waals surface area contributed by atoms with Crippen LogP contribution in [0.1, 0.15) is 26.9 Å². The molecule has 2 nitrogen and oxygen atoms in total. The van der Waals surface area contributed by atoms with Crippen LogP contribution in [0.2, 0.25) is 5.02 Å². The van der Waals surface area contributed by atoms with Crippen LogP contribution in [0.5, 0.6) is 5.75 Å². The lowest BCUT2D eigenvalue weighted by Crippen LogP contribution is -2.12. The zero-order valence-corrected chi connectivity index (χ0v) is 12.2. The summed E-state index contributed by atoms with van der Waals surface area (Å²) in [4.78, 5) is 2.44. The van der Waals surface area contributed by atoms with Crippen molar-refractivity contribution in [3.8, 4) is 5.75 Å². The number of hydrogen-bond acceptors (Lipinski definition) is 3. The molecule has 0 saturated carbocycles. The fourth-order valence-corrected chi connectivity index (χ4v) is 3.27. The number of aryl methyl sites for hydroxylation is 2. The van der Waals surface area contributed by atoms with Gasteiger partial charge in [-0.2, -0.15) is 0 Å². The SMILES string of the molecule is COc1cc(Cl)ccc1C(N)c1sc(C)cc1C. The van der Waals surface area contributed by atoms with Crippen molar-refractivity contribution in [2.45, 2.75) is 19.9 Å². The standard InChI is InChI=1S/C14H16ClNOS/c1-8-6-9(2)18-14(8)13(16)11-5-4-10(15)7-12(11)17-3/h4-7,13H,16H2,1-3H3. The van der Waals surface area contributed by atoms with Gasteiger partial charge in [-0.05, 0) is 37.6 Å². The number of ether oxygens (including phenoxy) is 1. The molecule has 1 heterocycles. The second-order valence-corrected chi connectivity index (χ2v) is 5.99. The van der Waals surface area contributed by atoms with Gasteiger partial charge >= 0.3 is 0 Å². The molecule has 0 spiro atoms. The van der Waals surface area contributed by atoms with Crippen molar-refractivity contribution in [3.05, 3.63) is 50.2 Å². The minimum atomic E-state index is -0.170. The zero-order valence-electron chi connectivity index (χ0n) is 10.7. The largest absolute Gasteiger partial charge is 0.496 e. The molecule has 1 atom stereocenters. The van der Waals surface area contributed by atoms with Crippen LogP contribution in [0.25, 0.3) is 0 Å². The van der Waals surface area contributed by atoms with E-state index in [-0.39, 0.29) is 6.04 Å². The molecule has 2 aromatic rings. The molecule has 96 valence electrons. The van der Waals surface area contributed by atoms with Crippen LogP contribution in [-0.4, -0.2) is 7.11 Å². The number of rotatable bonds is 3. The summed E-state index contributed by atoms with van der Waals surface area (Å²) in [5.74, 6) is 0.737. The van der Waals surface area contributed by atoms with Gasteiger partial charge < -0.3 is 10.5 Å². The molecule has 1 unspecified atom stereocenters. The molecule has 4 heteroatoms. The topological polar surface area (TPSA) is 35.2 Å². The van der Waals surface area contributed by atoms with Gasteiger partial charge in [-0.15, -0.1) is 11.3 Å². The number of hydrogen-bond donors (Lipinski definition) is 1. The first-order valence-corrected chi connectivity index (χ1v) is 6.88. The maximum absolute atomic E-state index is 6.34. The number of nitrogens with two attached hydrogens (primary N) is 1. The zero-order chi connectivity index (χ0) is 13.3. The molecule has 0 bridgehead atoms. The number of halogens is 1. The summed E-state index contributed by atoms with van der Waals surface area (Å²) in [7, 11) is 1.63. The summed E-state index contributed by atoms with van der Waals surface area (Å²) in [6, 6.07) is 7.56. The van der Waals surface area contributed by atoms with E-state index in [2.05, 4.69) is 19.9 Å². The molecular formula is C14H16ClNOS. The van der Waals surface area contributed by atoms with E-state index in [0.717, 1.165) is 11.3 Å². The molecule has 0 radical (unpaired) electrons. The molecule has 0 aliphatic rings. The predicted molar refractivity (Wildman–Crippen MR) is 77.8 cm³/mol. The molecule has 18 heavy (non-hydrogen) atoms. The van der Waals surface area contributed by atoms with E-state index in [1.54, 1.807) is 24.5 Å². The lowest BCUT2D eigenvalue weighted by Gasteiger charge is -2.15. The van der Waals surface area contributed by atoms with E-state index in [4.69, 9.17) is 22.1 Å².